The Morgan fingerprint density at radius 2 is 2.11 bits per heavy atom. The third kappa shape index (κ3) is 44.0. The molecule has 0 aromatic rings. The molecule has 0 aliphatic heterocycles. The first-order valence-corrected chi connectivity index (χ1v) is 2.22. The fourth-order valence-corrected chi connectivity index (χ4v) is 0.0333. The molecule has 0 aromatic heterocycles. The number of aliphatic hydroxyl groups is 1. The number of aliphatic hydroxyl groups excluding tert-OH is 1. The van der Waals surface area contributed by atoms with E-state index < -0.39 is 0 Å². The topological polar surface area (TPSA) is 121 Å². The van der Waals surface area contributed by atoms with Gasteiger partial charge < -0.3 is 16.7 Å². The van der Waals surface area contributed by atoms with Crippen molar-refractivity contribution in [1.29, 1.82) is 5.53 Å². The average molecular weight is 133 g/mol. The van der Waals surface area contributed by atoms with Crippen LogP contribution in [0.1, 0.15) is 0 Å². The molecule has 0 unspecified atom stereocenters. The van der Waals surface area contributed by atoms with Gasteiger partial charge in [-0.3, -0.25) is 0 Å². The third-order valence-electron chi connectivity index (χ3n) is 0.254. The number of hydrogen-bond acceptors (Lipinski definition) is 5. The van der Waals surface area contributed by atoms with Gasteiger partial charge in [-0.1, -0.05) is 0 Å². The second-order valence-corrected chi connectivity index (χ2v) is 0.906. The number of nitrogens with two attached hydrogens (primary N) is 2. The van der Waals surface area contributed by atoms with Crippen LogP contribution in [0.3, 0.4) is 0 Å². The summed E-state index contributed by atoms with van der Waals surface area (Å²) in [4.78, 5) is 0. The van der Waals surface area contributed by atoms with Crippen LogP contribution >= 0.6 is 0 Å². The molecule has 0 fully saturated rings. The van der Waals surface area contributed by atoms with Crippen LogP contribution in [0.25, 0.3) is 0 Å². The van der Waals surface area contributed by atoms with Crippen LogP contribution < -0.4 is 11.6 Å². The minimum atomic E-state index is 0.0972. The van der Waals surface area contributed by atoms with Gasteiger partial charge in [-0.2, -0.15) is 5.10 Å². The van der Waals surface area contributed by atoms with E-state index in [1.165, 1.54) is 0 Å². The van der Waals surface area contributed by atoms with Crippen LogP contribution in [0.2, 0.25) is 0 Å². The van der Waals surface area contributed by atoms with Gasteiger partial charge >= 0.3 is 0 Å². The van der Waals surface area contributed by atoms with Crippen molar-refractivity contribution in [3.63, 3.8) is 0 Å². The number of hydrazone groups is 1. The zero-order chi connectivity index (χ0) is 7.54. The molecule has 54 valence electrons. The van der Waals surface area contributed by atoms with E-state index in [0.29, 0.717) is 6.54 Å². The second-order valence-electron chi connectivity index (χ2n) is 0.906. The SMILES string of the molecule is N=NC=NN.NCCO. The van der Waals surface area contributed by atoms with Crippen LogP contribution in [0.15, 0.2) is 10.2 Å². The molecular weight excluding hydrogens is 122 g/mol. The molecule has 0 rings (SSSR count). The fraction of sp³-hybridized carbons (Fsp3) is 0.667. The van der Waals surface area contributed by atoms with E-state index in [2.05, 4.69) is 16.1 Å². The lowest BCUT2D eigenvalue weighted by Gasteiger charge is -1.71. The summed E-state index contributed by atoms with van der Waals surface area (Å²) in [6.07, 6.45) is 0.944. The Labute approximate surface area is 53.1 Å². The highest BCUT2D eigenvalue weighted by Crippen LogP contribution is 1.44. The molecule has 0 aliphatic rings. The number of nitrogens with zero attached hydrogens (tertiary/aromatic N) is 2. The fourth-order valence-electron chi connectivity index (χ4n) is 0.0333. The van der Waals surface area contributed by atoms with E-state index >= 15 is 0 Å². The summed E-state index contributed by atoms with van der Waals surface area (Å²) in [5, 5.41) is 13.3. The number of nitrogens with one attached hydrogen (secondary N) is 1. The van der Waals surface area contributed by atoms with Gasteiger partial charge in [0, 0.05) is 6.54 Å². The molecular formula is C3H11N5O. The standard InChI is InChI=1S/C2H7NO.CH4N4/c3-1-2-4;2-4-1-5-3/h4H,1-3H2;1-2H,3H2. The molecule has 0 atom stereocenters. The maximum atomic E-state index is 7.75. The largest absolute Gasteiger partial charge is 0.395 e. The molecule has 6 nitrogen and oxygen atoms in total. The van der Waals surface area contributed by atoms with E-state index in [-0.39, 0.29) is 6.61 Å². The van der Waals surface area contributed by atoms with E-state index in [9.17, 15) is 0 Å². The van der Waals surface area contributed by atoms with Crippen molar-refractivity contribution in [2.45, 2.75) is 0 Å². The lowest BCUT2D eigenvalue weighted by atomic mass is 10.8. The Kier molecular flexibility index (Phi) is 19.0. The summed E-state index contributed by atoms with van der Waals surface area (Å²) in [7, 11) is 0. The number of rotatable bonds is 2. The first-order valence-electron chi connectivity index (χ1n) is 2.22. The summed E-state index contributed by atoms with van der Waals surface area (Å²) in [5.41, 5.74) is 10.8. The van der Waals surface area contributed by atoms with Crippen molar-refractivity contribution < 1.29 is 5.11 Å². The molecule has 0 radical (unpaired) electrons. The van der Waals surface area contributed by atoms with Crippen LogP contribution in [0.5, 0.6) is 0 Å². The lowest BCUT2D eigenvalue weighted by molar-refractivity contribution is 0.306. The maximum Gasteiger partial charge on any atom is 0.156 e. The Morgan fingerprint density at radius 3 is 2.11 bits per heavy atom. The van der Waals surface area contributed by atoms with Gasteiger partial charge in [-0.15, -0.1) is 5.11 Å². The van der Waals surface area contributed by atoms with Crippen LogP contribution in [-0.4, -0.2) is 24.6 Å². The van der Waals surface area contributed by atoms with Crippen LogP contribution in [0.4, 0.5) is 0 Å². The van der Waals surface area contributed by atoms with E-state index in [1.54, 1.807) is 0 Å². The maximum absolute atomic E-state index is 7.75. The Morgan fingerprint density at radius 1 is 1.67 bits per heavy atom. The highest BCUT2D eigenvalue weighted by molar-refractivity contribution is 5.52. The summed E-state index contributed by atoms with van der Waals surface area (Å²) in [6.45, 7) is 0.472. The molecule has 0 saturated carbocycles. The van der Waals surface area contributed by atoms with E-state index in [4.69, 9.17) is 16.4 Å². The highest BCUT2D eigenvalue weighted by Gasteiger charge is 1.56. The average Bonchev–Trinajstić information content (AvgIpc) is 1.91. The van der Waals surface area contributed by atoms with Crippen molar-refractivity contribution in [2.75, 3.05) is 13.2 Å². The molecule has 6 N–H and O–H groups in total. The zero-order valence-corrected chi connectivity index (χ0v) is 4.99. The molecule has 0 heterocycles. The Bertz CT molecular complexity index is 70.6. The summed E-state index contributed by atoms with van der Waals surface area (Å²) in [5.74, 6) is 4.49. The zero-order valence-electron chi connectivity index (χ0n) is 4.99. The minimum absolute atomic E-state index is 0.0972. The number of hydrogen-bond donors (Lipinski definition) is 4. The monoisotopic (exact) mass is 133 g/mol. The molecule has 0 bridgehead atoms. The summed E-state index contributed by atoms with van der Waals surface area (Å²) in [6, 6.07) is 0. The van der Waals surface area contributed by atoms with Crippen molar-refractivity contribution in [2.24, 2.45) is 21.8 Å². The third-order valence-corrected chi connectivity index (χ3v) is 0.254. The van der Waals surface area contributed by atoms with Gasteiger partial charge in [0.15, 0.2) is 6.34 Å². The first-order chi connectivity index (χ1) is 4.33. The highest BCUT2D eigenvalue weighted by atomic mass is 16.3. The quantitative estimate of drug-likeness (QED) is 0.125. The molecule has 0 aromatic carbocycles. The van der Waals surface area contributed by atoms with Crippen molar-refractivity contribution in [3.05, 3.63) is 0 Å². The van der Waals surface area contributed by atoms with Gasteiger partial charge in [0.05, 0.1) is 6.61 Å². The summed E-state index contributed by atoms with van der Waals surface area (Å²) < 4.78 is 0. The van der Waals surface area contributed by atoms with Crippen LogP contribution in [0, 0.1) is 5.53 Å². The Balaban J connectivity index is 0. The van der Waals surface area contributed by atoms with Gasteiger partial charge in [0.1, 0.15) is 0 Å². The van der Waals surface area contributed by atoms with Crippen molar-refractivity contribution in [3.8, 4) is 0 Å². The van der Waals surface area contributed by atoms with Gasteiger partial charge in [-0.25, -0.2) is 5.53 Å². The molecule has 0 amide bonds. The second kappa shape index (κ2) is 15.8. The molecule has 0 aliphatic carbocycles. The molecule has 0 saturated heterocycles. The predicted molar refractivity (Wildman–Crippen MR) is 34.0 cm³/mol. The van der Waals surface area contributed by atoms with Gasteiger partial charge in [-0.05, 0) is 0 Å². The van der Waals surface area contributed by atoms with Crippen LogP contribution in [-0.2, 0) is 0 Å². The first kappa shape index (κ1) is 10.9. The van der Waals surface area contributed by atoms with E-state index in [0.717, 1.165) is 6.34 Å². The van der Waals surface area contributed by atoms with Gasteiger partial charge in [0.2, 0.25) is 0 Å². The van der Waals surface area contributed by atoms with E-state index in [1.807, 2.05) is 0 Å². The lowest BCUT2D eigenvalue weighted by Crippen LogP contribution is -2.02. The van der Waals surface area contributed by atoms with Gasteiger partial charge in [0.25, 0.3) is 0 Å². The molecule has 0 spiro atoms. The Hall–Kier alpha value is -1.01. The smallest absolute Gasteiger partial charge is 0.156 e. The molecule has 6 heteroatoms. The normalized spacial score (nSPS) is 8.22. The summed E-state index contributed by atoms with van der Waals surface area (Å²) >= 11 is 0. The van der Waals surface area contributed by atoms with Crippen molar-refractivity contribution in [1.82, 2.24) is 0 Å². The van der Waals surface area contributed by atoms with Crippen molar-refractivity contribution >= 4 is 6.34 Å². The minimum Gasteiger partial charge on any atom is -0.395 e. The predicted octanol–water partition coefficient (Wildman–Crippen LogP) is -1.14. The molecule has 9 heavy (non-hydrogen) atoms.